The Labute approximate surface area is 134 Å². The minimum atomic E-state index is -0.0261. The van der Waals surface area contributed by atoms with E-state index in [4.69, 9.17) is 0 Å². The molecule has 112 valence electrons. The molecule has 23 heavy (non-hydrogen) atoms. The number of likely N-dealkylation sites (N-methyl/N-ethyl adjacent to an activating group) is 1. The Bertz CT molecular complexity index is 943. The number of benzene rings is 3. The number of nitrogens with zero attached hydrogens (tertiary/aromatic N) is 2. The Hall–Kier alpha value is -2.94. The van der Waals surface area contributed by atoms with Crippen LogP contribution in [0.15, 0.2) is 71.7 Å². The second kappa shape index (κ2) is 5.36. The number of hydrogen-bond acceptors (Lipinski definition) is 2. The van der Waals surface area contributed by atoms with E-state index in [1.165, 1.54) is 5.39 Å². The monoisotopic (exact) mass is 300 g/mol. The summed E-state index contributed by atoms with van der Waals surface area (Å²) in [7, 11) is 0. The highest BCUT2D eigenvalue weighted by molar-refractivity contribution is 6.54. The number of amides is 1. The first-order valence-corrected chi connectivity index (χ1v) is 7.76. The quantitative estimate of drug-likeness (QED) is 0.693. The molecule has 0 aromatic heterocycles. The number of hydrogen-bond donors (Lipinski definition) is 0. The molecular formula is C20H16N2O. The molecule has 1 aliphatic rings. The van der Waals surface area contributed by atoms with Crippen molar-refractivity contribution in [1.82, 2.24) is 0 Å². The first kappa shape index (κ1) is 13.7. The molecule has 0 radical (unpaired) electrons. The van der Waals surface area contributed by atoms with E-state index < -0.39 is 0 Å². The van der Waals surface area contributed by atoms with E-state index >= 15 is 0 Å². The van der Waals surface area contributed by atoms with Gasteiger partial charge in [-0.3, -0.25) is 4.79 Å². The summed E-state index contributed by atoms with van der Waals surface area (Å²) in [5.41, 5.74) is 3.18. The molecule has 0 unspecified atom stereocenters. The molecule has 0 aliphatic carbocycles. The van der Waals surface area contributed by atoms with E-state index in [0.717, 1.165) is 22.3 Å². The second-order valence-electron chi connectivity index (χ2n) is 5.56. The van der Waals surface area contributed by atoms with Crippen LogP contribution in [0.1, 0.15) is 12.5 Å². The maximum Gasteiger partial charge on any atom is 0.277 e. The first-order valence-electron chi connectivity index (χ1n) is 7.76. The number of carbonyl (C=O) groups is 1. The fourth-order valence-electron chi connectivity index (χ4n) is 3.06. The molecule has 0 atom stereocenters. The van der Waals surface area contributed by atoms with Crippen molar-refractivity contribution in [2.45, 2.75) is 6.92 Å². The predicted octanol–water partition coefficient (Wildman–Crippen LogP) is 4.33. The van der Waals surface area contributed by atoms with Crippen LogP contribution >= 0.6 is 0 Å². The Balaban J connectivity index is 1.85. The predicted molar refractivity (Wildman–Crippen MR) is 94.6 cm³/mol. The molecular weight excluding hydrogens is 284 g/mol. The maximum absolute atomic E-state index is 12.7. The average Bonchev–Trinajstić information content (AvgIpc) is 2.86. The third kappa shape index (κ3) is 2.21. The van der Waals surface area contributed by atoms with Crippen molar-refractivity contribution < 1.29 is 4.79 Å². The molecule has 1 amide bonds. The van der Waals surface area contributed by atoms with Crippen LogP contribution in [0.4, 0.5) is 11.4 Å². The van der Waals surface area contributed by atoms with Crippen LogP contribution < -0.4 is 4.90 Å². The molecule has 0 N–H and O–H groups in total. The van der Waals surface area contributed by atoms with Crippen molar-refractivity contribution in [1.29, 1.82) is 0 Å². The topological polar surface area (TPSA) is 32.7 Å². The Morgan fingerprint density at radius 3 is 2.48 bits per heavy atom. The average molecular weight is 300 g/mol. The molecule has 3 aromatic rings. The van der Waals surface area contributed by atoms with Crippen LogP contribution in [-0.4, -0.2) is 18.2 Å². The summed E-state index contributed by atoms with van der Waals surface area (Å²) in [6.45, 7) is 2.63. The summed E-state index contributed by atoms with van der Waals surface area (Å²) < 4.78 is 0. The van der Waals surface area contributed by atoms with E-state index in [2.05, 4.69) is 17.1 Å². The van der Waals surface area contributed by atoms with Crippen LogP contribution in [0.3, 0.4) is 0 Å². The summed E-state index contributed by atoms with van der Waals surface area (Å²) in [5.74, 6) is -0.0261. The number of fused-ring (bicyclic) bond motifs is 2. The zero-order valence-electron chi connectivity index (χ0n) is 12.9. The highest BCUT2D eigenvalue weighted by atomic mass is 16.2. The van der Waals surface area contributed by atoms with Crippen molar-refractivity contribution in [3.05, 3.63) is 72.3 Å². The lowest BCUT2D eigenvalue weighted by Crippen LogP contribution is -2.29. The Morgan fingerprint density at radius 1 is 0.913 bits per heavy atom. The van der Waals surface area contributed by atoms with Crippen molar-refractivity contribution in [2.75, 3.05) is 11.4 Å². The van der Waals surface area contributed by atoms with Crippen LogP contribution in [0.25, 0.3) is 10.8 Å². The van der Waals surface area contributed by atoms with Gasteiger partial charge in [0.1, 0.15) is 5.71 Å². The molecule has 4 rings (SSSR count). The van der Waals surface area contributed by atoms with Crippen LogP contribution in [0.5, 0.6) is 0 Å². The van der Waals surface area contributed by atoms with Gasteiger partial charge in [-0.2, -0.15) is 0 Å². The zero-order chi connectivity index (χ0) is 15.8. The van der Waals surface area contributed by atoms with Gasteiger partial charge >= 0.3 is 0 Å². The van der Waals surface area contributed by atoms with Crippen LogP contribution in [0.2, 0.25) is 0 Å². The minimum Gasteiger partial charge on any atom is -0.307 e. The lowest BCUT2D eigenvalue weighted by Gasteiger charge is -2.12. The number of aliphatic imine (C=N–C) groups is 1. The summed E-state index contributed by atoms with van der Waals surface area (Å²) in [6, 6.07) is 22.0. The number of anilines is 1. The van der Waals surface area contributed by atoms with Crippen molar-refractivity contribution in [3.63, 3.8) is 0 Å². The van der Waals surface area contributed by atoms with Gasteiger partial charge in [-0.25, -0.2) is 4.99 Å². The highest BCUT2D eigenvalue weighted by Crippen LogP contribution is 2.31. The normalized spacial score (nSPS) is 15.4. The third-order valence-electron chi connectivity index (χ3n) is 4.19. The van der Waals surface area contributed by atoms with Gasteiger partial charge in [0.2, 0.25) is 0 Å². The van der Waals surface area contributed by atoms with Gasteiger partial charge in [0, 0.05) is 12.1 Å². The van der Waals surface area contributed by atoms with Crippen molar-refractivity contribution in [2.24, 2.45) is 4.99 Å². The highest BCUT2D eigenvalue weighted by Gasteiger charge is 2.32. The van der Waals surface area contributed by atoms with Crippen LogP contribution in [-0.2, 0) is 4.79 Å². The molecule has 3 aromatic carbocycles. The van der Waals surface area contributed by atoms with Gasteiger partial charge in [0.25, 0.3) is 5.91 Å². The van der Waals surface area contributed by atoms with E-state index in [0.29, 0.717) is 12.3 Å². The Morgan fingerprint density at radius 2 is 1.65 bits per heavy atom. The molecule has 1 heterocycles. The van der Waals surface area contributed by atoms with Gasteiger partial charge in [0.05, 0.1) is 11.4 Å². The van der Waals surface area contributed by atoms with Gasteiger partial charge in [-0.05, 0) is 35.9 Å². The van der Waals surface area contributed by atoms with E-state index in [1.807, 2.05) is 61.5 Å². The molecule has 0 bridgehead atoms. The fraction of sp³-hybridized carbons (Fsp3) is 0.100. The molecule has 3 heteroatoms. The lowest BCUT2D eigenvalue weighted by atomic mass is 10.1. The SMILES string of the molecule is CCN1C(=O)C(=Nc2ccc3ccccc3c2)c2ccccc21. The van der Waals surface area contributed by atoms with E-state index in [9.17, 15) is 4.79 Å². The first-order chi connectivity index (χ1) is 11.3. The zero-order valence-corrected chi connectivity index (χ0v) is 12.9. The smallest absolute Gasteiger partial charge is 0.277 e. The summed E-state index contributed by atoms with van der Waals surface area (Å²) in [4.78, 5) is 19.1. The number of para-hydroxylation sites is 1. The molecule has 0 fully saturated rings. The van der Waals surface area contributed by atoms with Gasteiger partial charge in [0.15, 0.2) is 0 Å². The standard InChI is InChI=1S/C20H16N2O/c1-2-22-18-10-6-5-9-17(18)19(20(22)23)21-16-12-11-14-7-3-4-8-15(14)13-16/h3-13H,2H2,1H3. The third-order valence-corrected chi connectivity index (χ3v) is 4.19. The molecule has 0 saturated heterocycles. The van der Waals surface area contributed by atoms with E-state index in [-0.39, 0.29) is 5.91 Å². The fourth-order valence-corrected chi connectivity index (χ4v) is 3.06. The lowest BCUT2D eigenvalue weighted by molar-refractivity contribution is -0.112. The van der Waals surface area contributed by atoms with Crippen molar-refractivity contribution >= 4 is 33.8 Å². The van der Waals surface area contributed by atoms with Crippen molar-refractivity contribution in [3.8, 4) is 0 Å². The maximum atomic E-state index is 12.7. The van der Waals surface area contributed by atoms with Crippen LogP contribution in [0, 0.1) is 0 Å². The summed E-state index contributed by atoms with van der Waals surface area (Å²) >= 11 is 0. The minimum absolute atomic E-state index is 0.0261. The van der Waals surface area contributed by atoms with Gasteiger partial charge < -0.3 is 4.90 Å². The van der Waals surface area contributed by atoms with Gasteiger partial charge in [-0.1, -0.05) is 48.5 Å². The molecule has 0 saturated carbocycles. The Kier molecular flexibility index (Phi) is 3.19. The summed E-state index contributed by atoms with van der Waals surface area (Å²) in [6.07, 6.45) is 0. The molecule has 1 aliphatic heterocycles. The van der Waals surface area contributed by atoms with Gasteiger partial charge in [-0.15, -0.1) is 0 Å². The van der Waals surface area contributed by atoms with E-state index in [1.54, 1.807) is 4.90 Å². The second-order valence-corrected chi connectivity index (χ2v) is 5.56. The number of carbonyl (C=O) groups excluding carboxylic acids is 1. The number of rotatable bonds is 2. The summed E-state index contributed by atoms with van der Waals surface area (Å²) in [5, 5.41) is 2.30. The molecule has 0 spiro atoms. The molecule has 3 nitrogen and oxygen atoms in total. The largest absolute Gasteiger partial charge is 0.307 e.